The summed E-state index contributed by atoms with van der Waals surface area (Å²) in [6.45, 7) is 7.79. The number of rotatable bonds is 5. The van der Waals surface area contributed by atoms with Gasteiger partial charge in [0.25, 0.3) is 5.69 Å². The van der Waals surface area contributed by atoms with Crippen molar-refractivity contribution in [2.75, 3.05) is 12.4 Å². The van der Waals surface area contributed by atoms with Gasteiger partial charge in [0.15, 0.2) is 11.9 Å². The fourth-order valence-corrected chi connectivity index (χ4v) is 3.60. The zero-order valence-electron chi connectivity index (χ0n) is 16.0. The Morgan fingerprint density at radius 1 is 1.26 bits per heavy atom. The highest BCUT2D eigenvalue weighted by atomic mass is 32.2. The summed E-state index contributed by atoms with van der Waals surface area (Å²) in [5.41, 5.74) is 2.71. The lowest BCUT2D eigenvalue weighted by atomic mass is 10.1. The topological polar surface area (TPSA) is 120 Å². The molecule has 2 aromatic rings. The maximum absolute atomic E-state index is 10.8. The van der Waals surface area contributed by atoms with E-state index in [1.54, 1.807) is 38.2 Å². The smallest absolute Gasteiger partial charge is 0.266 e. The van der Waals surface area contributed by atoms with Crippen LogP contribution in [0.3, 0.4) is 0 Å². The van der Waals surface area contributed by atoms with Gasteiger partial charge in [0.05, 0.1) is 17.6 Å². The fraction of sp³-hybridized carbons (Fsp3) is 0.368. The van der Waals surface area contributed by atoms with Crippen LogP contribution in [0.15, 0.2) is 35.4 Å². The van der Waals surface area contributed by atoms with Crippen LogP contribution in [0.2, 0.25) is 0 Å². The lowest BCUT2D eigenvalue weighted by Crippen LogP contribution is -2.48. The van der Waals surface area contributed by atoms with Crippen molar-refractivity contribution in [3.8, 4) is 11.8 Å². The van der Waals surface area contributed by atoms with Crippen LogP contribution < -0.4 is 15.3 Å². The molecule has 0 amide bonds. The van der Waals surface area contributed by atoms with Crippen molar-refractivity contribution in [3.63, 3.8) is 0 Å². The van der Waals surface area contributed by atoms with Crippen molar-refractivity contribution in [1.82, 2.24) is 0 Å². The summed E-state index contributed by atoms with van der Waals surface area (Å²) in [6, 6.07) is 9.07. The van der Waals surface area contributed by atoms with E-state index >= 15 is 0 Å². The lowest BCUT2D eigenvalue weighted by Gasteiger charge is -2.14. The number of aryl methyl sites for hydroxylation is 3. The Bertz CT molecular complexity index is 911. The van der Waals surface area contributed by atoms with Gasteiger partial charge in [-0.15, -0.1) is 0 Å². The second-order valence-electron chi connectivity index (χ2n) is 6.09. The molecule has 0 fully saturated rings. The molecule has 0 aliphatic carbocycles. The van der Waals surface area contributed by atoms with E-state index in [4.69, 9.17) is 15.8 Å². The van der Waals surface area contributed by atoms with E-state index in [9.17, 15) is 13.0 Å². The Balaban J connectivity index is 0.000000271. The maximum atomic E-state index is 10.8. The SMILES string of the molecule is CCCOc1ccc[n+](N)c1CC#N.Cc1cc(C)c(S(=O)(=O)[O-])c(C)c1. The number of aromatic nitrogens is 1. The molecule has 146 valence electrons. The molecule has 8 heteroatoms. The van der Waals surface area contributed by atoms with E-state index in [1.807, 2.05) is 19.9 Å². The average molecular weight is 391 g/mol. The van der Waals surface area contributed by atoms with Gasteiger partial charge in [0.2, 0.25) is 0 Å². The van der Waals surface area contributed by atoms with Crippen LogP contribution >= 0.6 is 0 Å². The predicted octanol–water partition coefficient (Wildman–Crippen LogP) is 2.06. The maximum Gasteiger partial charge on any atom is 0.266 e. The van der Waals surface area contributed by atoms with Crippen molar-refractivity contribution >= 4 is 10.1 Å². The Morgan fingerprint density at radius 2 is 1.85 bits per heavy atom. The van der Waals surface area contributed by atoms with Crippen molar-refractivity contribution in [3.05, 3.63) is 52.8 Å². The van der Waals surface area contributed by atoms with Gasteiger partial charge in [-0.05, 0) is 44.4 Å². The second-order valence-corrected chi connectivity index (χ2v) is 7.41. The van der Waals surface area contributed by atoms with Crippen molar-refractivity contribution in [2.45, 2.75) is 45.4 Å². The summed E-state index contributed by atoms with van der Waals surface area (Å²) in [5, 5.41) is 8.62. The van der Waals surface area contributed by atoms with Crippen LogP contribution in [0.25, 0.3) is 0 Å². The van der Waals surface area contributed by atoms with Gasteiger partial charge in [-0.2, -0.15) is 5.26 Å². The molecule has 0 aliphatic rings. The monoisotopic (exact) mass is 391 g/mol. The molecule has 0 unspecified atom stereocenters. The van der Waals surface area contributed by atoms with Gasteiger partial charge >= 0.3 is 0 Å². The number of nitrogen functional groups attached to an aromatic ring is 1. The fourth-order valence-electron chi connectivity index (χ4n) is 2.69. The number of ether oxygens (including phenoxy) is 1. The van der Waals surface area contributed by atoms with Crippen LogP contribution in [0.1, 0.15) is 35.7 Å². The summed E-state index contributed by atoms with van der Waals surface area (Å²) >= 11 is 0. The number of hydrogen-bond acceptors (Lipinski definition) is 6. The molecule has 7 nitrogen and oxygen atoms in total. The summed E-state index contributed by atoms with van der Waals surface area (Å²) < 4.78 is 39.4. The van der Waals surface area contributed by atoms with E-state index < -0.39 is 10.1 Å². The Morgan fingerprint density at radius 3 is 2.33 bits per heavy atom. The molecule has 2 N–H and O–H groups in total. The highest BCUT2D eigenvalue weighted by Gasteiger charge is 2.14. The minimum atomic E-state index is -4.33. The minimum Gasteiger partial charge on any atom is -0.744 e. The van der Waals surface area contributed by atoms with Gasteiger partial charge in [0.1, 0.15) is 16.5 Å². The molecule has 0 bridgehead atoms. The molecule has 0 aliphatic heterocycles. The third-order valence-corrected chi connectivity index (χ3v) is 4.80. The largest absolute Gasteiger partial charge is 0.744 e. The summed E-state index contributed by atoms with van der Waals surface area (Å²) in [7, 11) is -4.33. The quantitative estimate of drug-likeness (QED) is 0.473. The molecular formula is C19H25N3O4S. The van der Waals surface area contributed by atoms with Crippen LogP contribution in [-0.2, 0) is 16.5 Å². The lowest BCUT2D eigenvalue weighted by molar-refractivity contribution is -0.646. The molecular weight excluding hydrogens is 366 g/mol. The Hall–Kier alpha value is -2.63. The Labute approximate surface area is 160 Å². The number of benzene rings is 1. The van der Waals surface area contributed by atoms with Crippen molar-refractivity contribution < 1.29 is 22.4 Å². The zero-order chi connectivity index (χ0) is 20.6. The molecule has 0 radical (unpaired) electrons. The molecule has 0 saturated carbocycles. The summed E-state index contributed by atoms with van der Waals surface area (Å²) in [4.78, 5) is -0.0851. The first-order valence-corrected chi connectivity index (χ1v) is 9.84. The number of nitrogens with two attached hydrogens (primary N) is 1. The van der Waals surface area contributed by atoms with Crippen molar-refractivity contribution in [1.29, 1.82) is 5.26 Å². The number of hydrogen-bond donors (Lipinski definition) is 1. The summed E-state index contributed by atoms with van der Waals surface area (Å²) in [6.07, 6.45) is 2.90. The first-order valence-electron chi connectivity index (χ1n) is 8.43. The van der Waals surface area contributed by atoms with E-state index in [-0.39, 0.29) is 11.3 Å². The van der Waals surface area contributed by atoms with Crippen LogP contribution in [0.5, 0.6) is 5.75 Å². The highest BCUT2D eigenvalue weighted by Crippen LogP contribution is 2.20. The summed E-state index contributed by atoms with van der Waals surface area (Å²) in [5.74, 6) is 6.36. The number of pyridine rings is 1. The zero-order valence-corrected chi connectivity index (χ0v) is 16.8. The van der Waals surface area contributed by atoms with E-state index in [0.717, 1.165) is 12.0 Å². The predicted molar refractivity (Wildman–Crippen MR) is 101 cm³/mol. The number of nitrogens with zero attached hydrogens (tertiary/aromatic N) is 2. The van der Waals surface area contributed by atoms with Gasteiger partial charge < -0.3 is 9.29 Å². The molecule has 1 aromatic carbocycles. The van der Waals surface area contributed by atoms with Crippen LogP contribution in [0, 0.1) is 32.1 Å². The second kappa shape index (κ2) is 9.90. The minimum absolute atomic E-state index is 0.0851. The van der Waals surface area contributed by atoms with Gasteiger partial charge in [0, 0.05) is 6.07 Å². The molecule has 27 heavy (non-hydrogen) atoms. The van der Waals surface area contributed by atoms with Crippen molar-refractivity contribution in [2.24, 2.45) is 0 Å². The van der Waals surface area contributed by atoms with Crippen LogP contribution in [0.4, 0.5) is 0 Å². The Kier molecular flexibility index (Phi) is 8.22. The average Bonchev–Trinajstić information content (AvgIpc) is 2.54. The normalized spacial score (nSPS) is 10.5. The highest BCUT2D eigenvalue weighted by molar-refractivity contribution is 7.85. The van der Waals surface area contributed by atoms with Crippen LogP contribution in [-0.4, -0.2) is 19.6 Å². The third-order valence-electron chi connectivity index (χ3n) is 3.65. The molecule has 1 aromatic heterocycles. The molecule has 0 spiro atoms. The first kappa shape index (κ1) is 22.4. The molecule has 1 heterocycles. The molecule has 2 rings (SSSR count). The van der Waals surface area contributed by atoms with E-state index in [1.165, 1.54) is 4.68 Å². The standard InChI is InChI=1S/C10H14N3O.C9H12O3S/c1-2-8-14-10-4-3-7-13(12)9(10)5-6-11;1-6-4-7(2)9(8(3)5-6)13(10,11)12/h3-4,7H,2,5,8,12H2,1H3;4-5H,1-3H3,(H,10,11,12)/q+1;/p-1. The molecule has 0 saturated heterocycles. The number of nitriles is 1. The van der Waals surface area contributed by atoms with E-state index in [0.29, 0.717) is 29.2 Å². The van der Waals surface area contributed by atoms with Gasteiger partial charge in [-0.25, -0.2) is 14.3 Å². The van der Waals surface area contributed by atoms with Gasteiger partial charge in [-0.1, -0.05) is 29.3 Å². The molecule has 0 atom stereocenters. The van der Waals surface area contributed by atoms with E-state index in [2.05, 4.69) is 6.07 Å². The first-order chi connectivity index (χ1) is 12.6. The third kappa shape index (κ3) is 6.55. The van der Waals surface area contributed by atoms with Gasteiger partial charge in [-0.3, -0.25) is 0 Å².